The van der Waals surface area contributed by atoms with Crippen LogP contribution in [-0.4, -0.2) is 45.7 Å². The molecule has 0 spiro atoms. The molecule has 2 N–H and O–H groups in total. The number of aliphatic hydroxyl groups excluding tert-OH is 1. The fraction of sp³-hybridized carbons (Fsp3) is 0.550. The van der Waals surface area contributed by atoms with E-state index in [0.717, 1.165) is 56.6 Å². The van der Waals surface area contributed by atoms with E-state index in [0.29, 0.717) is 0 Å². The second-order valence-electron chi connectivity index (χ2n) is 6.93. The van der Waals surface area contributed by atoms with Crippen LogP contribution >= 0.6 is 0 Å². The third-order valence-corrected chi connectivity index (χ3v) is 5.18. The smallest absolute Gasteiger partial charge is 0.122 e. The maximum atomic E-state index is 10.4. The summed E-state index contributed by atoms with van der Waals surface area (Å²) in [5.41, 5.74) is 1.01. The van der Waals surface area contributed by atoms with Gasteiger partial charge in [-0.15, -0.1) is 0 Å². The van der Waals surface area contributed by atoms with Gasteiger partial charge >= 0.3 is 0 Å². The van der Waals surface area contributed by atoms with Crippen LogP contribution in [0.15, 0.2) is 42.7 Å². The zero-order valence-electron chi connectivity index (χ0n) is 15.1. The molecule has 0 amide bonds. The third kappa shape index (κ3) is 5.14. The molecule has 1 aliphatic heterocycles. The van der Waals surface area contributed by atoms with E-state index in [2.05, 4.69) is 26.7 Å². The predicted molar refractivity (Wildman–Crippen MR) is 100 cm³/mol. The summed E-state index contributed by atoms with van der Waals surface area (Å²) in [7, 11) is 0. The van der Waals surface area contributed by atoms with Crippen LogP contribution in [0.1, 0.15) is 37.3 Å². The van der Waals surface area contributed by atoms with Crippen LogP contribution in [0.4, 0.5) is 0 Å². The van der Waals surface area contributed by atoms with E-state index in [-0.39, 0.29) is 6.10 Å². The summed E-state index contributed by atoms with van der Waals surface area (Å²) in [6.07, 6.45) is 5.90. The third-order valence-electron chi connectivity index (χ3n) is 5.18. The summed E-state index contributed by atoms with van der Waals surface area (Å²) in [6.45, 7) is 7.88. The Bertz CT molecular complexity index is 620. The molecule has 0 saturated carbocycles. The first-order chi connectivity index (χ1) is 12.3. The minimum absolute atomic E-state index is 0.385. The summed E-state index contributed by atoms with van der Waals surface area (Å²) >= 11 is 0. The molecule has 5 nitrogen and oxygen atoms in total. The van der Waals surface area contributed by atoms with Crippen LogP contribution in [0.3, 0.4) is 0 Å². The molecule has 136 valence electrons. The van der Waals surface area contributed by atoms with Gasteiger partial charge in [0, 0.05) is 25.5 Å². The highest BCUT2D eigenvalue weighted by Gasteiger charge is 2.21. The standard InChI is InChI=1S/C20H30N4O/c1-2-24-13-10-22-20(24)15-21-14-17-8-11-23(12-9-17)16-19(25)18-6-4-3-5-7-18/h3-7,10,13,17,19,21,25H,2,8-9,11-12,14-16H2,1H3/t19-/m0/s1. The van der Waals surface area contributed by atoms with Gasteiger partial charge in [0.2, 0.25) is 0 Å². The van der Waals surface area contributed by atoms with Crippen LogP contribution in [0.5, 0.6) is 0 Å². The van der Waals surface area contributed by atoms with Gasteiger partial charge in [-0.1, -0.05) is 30.3 Å². The molecule has 2 heterocycles. The Hall–Kier alpha value is -1.69. The molecule has 0 bridgehead atoms. The van der Waals surface area contributed by atoms with Crippen molar-refractivity contribution in [2.24, 2.45) is 5.92 Å². The van der Waals surface area contributed by atoms with Crippen LogP contribution in [0.2, 0.25) is 0 Å². The van der Waals surface area contributed by atoms with Gasteiger partial charge in [-0.3, -0.25) is 0 Å². The molecule has 1 fully saturated rings. The van der Waals surface area contributed by atoms with E-state index < -0.39 is 0 Å². The lowest BCUT2D eigenvalue weighted by molar-refractivity contribution is 0.0891. The molecular formula is C20H30N4O. The van der Waals surface area contributed by atoms with Crippen molar-refractivity contribution in [1.29, 1.82) is 0 Å². The molecule has 1 aliphatic rings. The average molecular weight is 342 g/mol. The van der Waals surface area contributed by atoms with E-state index in [9.17, 15) is 5.11 Å². The van der Waals surface area contributed by atoms with Crippen molar-refractivity contribution >= 4 is 0 Å². The first kappa shape index (κ1) is 18.1. The number of aromatic nitrogens is 2. The number of hydrogen-bond acceptors (Lipinski definition) is 4. The second-order valence-corrected chi connectivity index (χ2v) is 6.93. The van der Waals surface area contributed by atoms with E-state index in [1.54, 1.807) is 0 Å². The summed E-state index contributed by atoms with van der Waals surface area (Å²) in [5, 5.41) is 13.9. The maximum absolute atomic E-state index is 10.4. The largest absolute Gasteiger partial charge is 0.387 e. The van der Waals surface area contributed by atoms with Crippen molar-refractivity contribution < 1.29 is 5.11 Å². The number of nitrogens with zero attached hydrogens (tertiary/aromatic N) is 3. The van der Waals surface area contributed by atoms with E-state index in [1.165, 1.54) is 12.8 Å². The van der Waals surface area contributed by atoms with E-state index >= 15 is 0 Å². The molecule has 1 aromatic heterocycles. The zero-order chi connectivity index (χ0) is 17.5. The van der Waals surface area contributed by atoms with Gasteiger partial charge in [-0.25, -0.2) is 4.98 Å². The number of β-amino-alcohol motifs (C(OH)–C–C–N with tert-alkyl or cyclic N) is 1. The van der Waals surface area contributed by atoms with Crippen molar-refractivity contribution in [1.82, 2.24) is 19.8 Å². The Morgan fingerprint density at radius 2 is 2.00 bits per heavy atom. The van der Waals surface area contributed by atoms with Gasteiger partial charge < -0.3 is 19.9 Å². The van der Waals surface area contributed by atoms with Crippen LogP contribution in [0.25, 0.3) is 0 Å². The number of nitrogens with one attached hydrogen (secondary N) is 1. The lowest BCUT2D eigenvalue weighted by Crippen LogP contribution is -2.39. The highest BCUT2D eigenvalue weighted by atomic mass is 16.3. The Labute approximate surface area is 150 Å². The van der Waals surface area contributed by atoms with Crippen LogP contribution in [0, 0.1) is 5.92 Å². The molecule has 1 aromatic carbocycles. The van der Waals surface area contributed by atoms with Crippen molar-refractivity contribution in [2.75, 3.05) is 26.2 Å². The lowest BCUT2D eigenvalue weighted by atomic mass is 9.96. The number of aryl methyl sites for hydroxylation is 1. The van der Waals surface area contributed by atoms with Crippen molar-refractivity contribution in [3.8, 4) is 0 Å². The Kier molecular flexibility index (Phi) is 6.62. The SMILES string of the molecule is CCn1ccnc1CNCC1CCN(C[C@H](O)c2ccccc2)CC1. The van der Waals surface area contributed by atoms with Crippen LogP contribution in [-0.2, 0) is 13.1 Å². The van der Waals surface area contributed by atoms with Crippen molar-refractivity contribution in [2.45, 2.75) is 39.0 Å². The Morgan fingerprint density at radius 1 is 1.24 bits per heavy atom. The molecule has 0 aliphatic carbocycles. The van der Waals surface area contributed by atoms with Crippen molar-refractivity contribution in [3.05, 3.63) is 54.1 Å². The number of hydrogen-bond donors (Lipinski definition) is 2. The minimum Gasteiger partial charge on any atom is -0.387 e. The molecule has 3 rings (SSSR count). The summed E-state index contributed by atoms with van der Waals surface area (Å²) in [6, 6.07) is 9.96. The number of likely N-dealkylation sites (tertiary alicyclic amines) is 1. The quantitative estimate of drug-likeness (QED) is 0.774. The number of piperidine rings is 1. The Morgan fingerprint density at radius 3 is 2.72 bits per heavy atom. The fourth-order valence-corrected chi connectivity index (χ4v) is 3.58. The number of rotatable bonds is 8. The van der Waals surface area contributed by atoms with Gasteiger partial charge in [-0.05, 0) is 50.9 Å². The molecule has 1 atom stereocenters. The van der Waals surface area contributed by atoms with Gasteiger partial charge in [0.1, 0.15) is 5.82 Å². The monoisotopic (exact) mass is 342 g/mol. The molecule has 5 heteroatoms. The number of imidazole rings is 1. The highest BCUT2D eigenvalue weighted by Crippen LogP contribution is 2.20. The summed E-state index contributed by atoms with van der Waals surface area (Å²) < 4.78 is 2.18. The minimum atomic E-state index is -0.385. The number of aliphatic hydroxyl groups is 1. The molecular weight excluding hydrogens is 312 g/mol. The zero-order valence-corrected chi connectivity index (χ0v) is 15.1. The lowest BCUT2D eigenvalue weighted by Gasteiger charge is -2.33. The summed E-state index contributed by atoms with van der Waals surface area (Å²) in [5.74, 6) is 1.83. The molecule has 0 unspecified atom stereocenters. The maximum Gasteiger partial charge on any atom is 0.122 e. The number of benzene rings is 1. The topological polar surface area (TPSA) is 53.3 Å². The normalized spacial score (nSPS) is 17.7. The van der Waals surface area contributed by atoms with Gasteiger partial charge in [0.25, 0.3) is 0 Å². The predicted octanol–water partition coefficient (Wildman–Crippen LogP) is 2.44. The molecule has 25 heavy (non-hydrogen) atoms. The molecule has 0 radical (unpaired) electrons. The van der Waals surface area contributed by atoms with Gasteiger partial charge in [0.05, 0.1) is 12.6 Å². The summed E-state index contributed by atoms with van der Waals surface area (Å²) in [4.78, 5) is 6.79. The first-order valence-corrected chi connectivity index (χ1v) is 9.42. The molecule has 1 saturated heterocycles. The average Bonchev–Trinajstić information content (AvgIpc) is 3.11. The fourth-order valence-electron chi connectivity index (χ4n) is 3.58. The van der Waals surface area contributed by atoms with Gasteiger partial charge in [0.15, 0.2) is 0 Å². The van der Waals surface area contributed by atoms with Crippen molar-refractivity contribution in [3.63, 3.8) is 0 Å². The first-order valence-electron chi connectivity index (χ1n) is 9.42. The van der Waals surface area contributed by atoms with E-state index in [4.69, 9.17) is 0 Å². The van der Waals surface area contributed by atoms with Gasteiger partial charge in [-0.2, -0.15) is 0 Å². The second kappa shape index (κ2) is 9.13. The molecule has 2 aromatic rings. The highest BCUT2D eigenvalue weighted by molar-refractivity contribution is 5.17. The Balaban J connectivity index is 1.36. The van der Waals surface area contributed by atoms with E-state index in [1.807, 2.05) is 42.7 Å². The van der Waals surface area contributed by atoms with Crippen LogP contribution < -0.4 is 5.32 Å².